The van der Waals surface area contributed by atoms with Crippen LogP contribution in [0.2, 0.25) is 0 Å². The van der Waals surface area contributed by atoms with Gasteiger partial charge in [-0.2, -0.15) is 5.10 Å². The highest BCUT2D eigenvalue weighted by Crippen LogP contribution is 2.29. The van der Waals surface area contributed by atoms with Crippen LogP contribution < -0.4 is 5.32 Å². The summed E-state index contributed by atoms with van der Waals surface area (Å²) >= 11 is 0. The number of anilines is 1. The molecule has 3 aromatic rings. The Morgan fingerprint density at radius 3 is 2.52 bits per heavy atom. The number of nitrogens with zero attached hydrogens (tertiary/aromatic N) is 2. The smallest absolute Gasteiger partial charge is 0.276 e. The van der Waals surface area contributed by atoms with E-state index in [1.54, 1.807) is 16.8 Å². The Morgan fingerprint density at radius 2 is 1.83 bits per heavy atom. The van der Waals surface area contributed by atoms with Gasteiger partial charge in [0.1, 0.15) is 11.6 Å². The first-order valence-electron chi connectivity index (χ1n) is 8.92. The standard InChI is InChI=1S/C20H17F2N3O3S/c1-29(27,28)14-9-10-16(22)17(11-14)23-20(26)19-15-3-2-4-18(15)25(24-19)13-7-5-12(21)6-8-13/h5-11H,2-4H2,1H3,(H,23,26). The van der Waals surface area contributed by atoms with Crippen molar-refractivity contribution < 1.29 is 22.0 Å². The monoisotopic (exact) mass is 417 g/mol. The average molecular weight is 417 g/mol. The largest absolute Gasteiger partial charge is 0.318 e. The van der Waals surface area contributed by atoms with Gasteiger partial charge in [0.2, 0.25) is 0 Å². The fraction of sp³-hybridized carbons (Fsp3) is 0.200. The van der Waals surface area contributed by atoms with Crippen LogP contribution in [0.4, 0.5) is 14.5 Å². The lowest BCUT2D eigenvalue weighted by Crippen LogP contribution is -2.16. The molecule has 0 spiro atoms. The molecule has 1 aromatic heterocycles. The van der Waals surface area contributed by atoms with E-state index in [0.29, 0.717) is 18.5 Å². The fourth-order valence-corrected chi connectivity index (χ4v) is 4.08. The third-order valence-corrected chi connectivity index (χ3v) is 5.94. The molecule has 1 heterocycles. The minimum atomic E-state index is -3.56. The lowest BCUT2D eigenvalue weighted by molar-refractivity contribution is 0.102. The predicted molar refractivity (Wildman–Crippen MR) is 103 cm³/mol. The van der Waals surface area contributed by atoms with Crippen molar-refractivity contribution in [3.63, 3.8) is 0 Å². The van der Waals surface area contributed by atoms with Gasteiger partial charge in [-0.3, -0.25) is 4.79 Å². The first-order chi connectivity index (χ1) is 13.7. The Bertz CT molecular complexity index is 1220. The number of fused-ring (bicyclic) bond motifs is 1. The van der Waals surface area contributed by atoms with Gasteiger partial charge < -0.3 is 5.32 Å². The van der Waals surface area contributed by atoms with Crippen molar-refractivity contribution in [3.05, 3.63) is 71.1 Å². The highest BCUT2D eigenvalue weighted by atomic mass is 32.2. The van der Waals surface area contributed by atoms with Gasteiger partial charge in [0, 0.05) is 17.5 Å². The zero-order valence-corrected chi connectivity index (χ0v) is 16.3. The van der Waals surface area contributed by atoms with E-state index in [0.717, 1.165) is 42.1 Å². The lowest BCUT2D eigenvalue weighted by atomic mass is 10.2. The third kappa shape index (κ3) is 3.65. The van der Waals surface area contributed by atoms with Crippen LogP contribution in [0.15, 0.2) is 47.4 Å². The number of hydrogen-bond acceptors (Lipinski definition) is 4. The number of amides is 1. The molecule has 1 N–H and O–H groups in total. The van der Waals surface area contributed by atoms with E-state index >= 15 is 0 Å². The lowest BCUT2D eigenvalue weighted by Gasteiger charge is -2.08. The van der Waals surface area contributed by atoms with Crippen molar-refractivity contribution in [1.29, 1.82) is 0 Å². The molecule has 0 atom stereocenters. The fourth-order valence-electron chi connectivity index (χ4n) is 3.43. The Morgan fingerprint density at radius 1 is 1.10 bits per heavy atom. The predicted octanol–water partition coefficient (Wildman–Crippen LogP) is 3.30. The molecule has 29 heavy (non-hydrogen) atoms. The number of halogens is 2. The highest BCUT2D eigenvalue weighted by molar-refractivity contribution is 7.90. The average Bonchev–Trinajstić information content (AvgIpc) is 3.26. The molecule has 150 valence electrons. The molecule has 4 rings (SSSR count). The molecule has 0 bridgehead atoms. The van der Waals surface area contributed by atoms with Crippen molar-refractivity contribution in [2.75, 3.05) is 11.6 Å². The Kier molecular flexibility index (Phi) is 4.70. The molecule has 6 nitrogen and oxygen atoms in total. The number of rotatable bonds is 4. The highest BCUT2D eigenvalue weighted by Gasteiger charge is 2.27. The van der Waals surface area contributed by atoms with Crippen molar-refractivity contribution in [2.24, 2.45) is 0 Å². The SMILES string of the molecule is CS(=O)(=O)c1ccc(F)c(NC(=O)c2nn(-c3ccc(F)cc3)c3c2CCC3)c1. The maximum atomic E-state index is 14.1. The van der Waals surface area contributed by atoms with E-state index in [2.05, 4.69) is 10.4 Å². The Labute approximate surface area is 166 Å². The van der Waals surface area contributed by atoms with Gasteiger partial charge in [-0.25, -0.2) is 21.9 Å². The van der Waals surface area contributed by atoms with Crippen LogP contribution in [0.3, 0.4) is 0 Å². The number of benzene rings is 2. The molecule has 1 aliphatic rings. The van der Waals surface area contributed by atoms with Crippen LogP contribution >= 0.6 is 0 Å². The molecule has 0 aliphatic heterocycles. The van der Waals surface area contributed by atoms with Crippen molar-refractivity contribution in [2.45, 2.75) is 24.2 Å². The summed E-state index contributed by atoms with van der Waals surface area (Å²) in [6.07, 6.45) is 3.20. The normalized spacial score (nSPS) is 13.3. The van der Waals surface area contributed by atoms with E-state index in [9.17, 15) is 22.0 Å². The number of nitrogens with one attached hydrogen (secondary N) is 1. The first-order valence-corrected chi connectivity index (χ1v) is 10.8. The molecule has 0 unspecified atom stereocenters. The Hall–Kier alpha value is -3.07. The Balaban J connectivity index is 1.70. The van der Waals surface area contributed by atoms with Gasteiger partial charge >= 0.3 is 0 Å². The number of sulfone groups is 1. The topological polar surface area (TPSA) is 81.1 Å². The van der Waals surface area contributed by atoms with Gasteiger partial charge in [-0.15, -0.1) is 0 Å². The minimum absolute atomic E-state index is 0.101. The second kappa shape index (κ2) is 7.07. The van der Waals surface area contributed by atoms with E-state index in [4.69, 9.17) is 0 Å². The second-order valence-electron chi connectivity index (χ2n) is 6.88. The van der Waals surface area contributed by atoms with Crippen LogP contribution in [0.1, 0.15) is 28.2 Å². The van der Waals surface area contributed by atoms with Crippen LogP contribution in [-0.4, -0.2) is 30.4 Å². The van der Waals surface area contributed by atoms with Gasteiger partial charge in [0.05, 0.1) is 16.3 Å². The summed E-state index contributed by atoms with van der Waals surface area (Å²) in [6.45, 7) is 0. The summed E-state index contributed by atoms with van der Waals surface area (Å²) in [6, 6.07) is 8.97. The summed E-state index contributed by atoms with van der Waals surface area (Å²) in [5, 5.41) is 6.80. The van der Waals surface area contributed by atoms with Crippen molar-refractivity contribution in [1.82, 2.24) is 9.78 Å². The summed E-state index contributed by atoms with van der Waals surface area (Å²) in [7, 11) is -3.56. The zero-order valence-electron chi connectivity index (χ0n) is 15.4. The summed E-state index contributed by atoms with van der Waals surface area (Å²) in [5.74, 6) is -1.76. The second-order valence-corrected chi connectivity index (χ2v) is 8.90. The van der Waals surface area contributed by atoms with Crippen LogP contribution in [0.5, 0.6) is 0 Å². The molecule has 2 aromatic carbocycles. The number of carbonyl (C=O) groups is 1. The van der Waals surface area contributed by atoms with Crippen molar-refractivity contribution >= 4 is 21.4 Å². The number of aromatic nitrogens is 2. The van der Waals surface area contributed by atoms with E-state index < -0.39 is 21.6 Å². The van der Waals surface area contributed by atoms with E-state index in [1.807, 2.05) is 0 Å². The quantitative estimate of drug-likeness (QED) is 0.661. The zero-order chi connectivity index (χ0) is 20.8. The van der Waals surface area contributed by atoms with Crippen molar-refractivity contribution in [3.8, 4) is 5.69 Å². The molecular formula is C20H17F2N3O3S. The molecule has 0 saturated heterocycles. The van der Waals surface area contributed by atoms with Gasteiger partial charge in [0.25, 0.3) is 5.91 Å². The molecular weight excluding hydrogens is 400 g/mol. The van der Waals surface area contributed by atoms with Crippen LogP contribution in [0, 0.1) is 11.6 Å². The molecule has 9 heteroatoms. The molecule has 0 radical (unpaired) electrons. The van der Waals surface area contributed by atoms with E-state index in [-0.39, 0.29) is 22.1 Å². The third-order valence-electron chi connectivity index (χ3n) is 4.83. The molecule has 0 fully saturated rings. The minimum Gasteiger partial charge on any atom is -0.318 e. The number of hydrogen-bond donors (Lipinski definition) is 1. The first kappa shape index (κ1) is 19.3. The molecule has 1 amide bonds. The summed E-state index contributed by atoms with van der Waals surface area (Å²) < 4.78 is 52.4. The van der Waals surface area contributed by atoms with Crippen LogP contribution in [0.25, 0.3) is 5.69 Å². The van der Waals surface area contributed by atoms with Gasteiger partial charge in [0.15, 0.2) is 15.5 Å². The molecule has 1 aliphatic carbocycles. The maximum Gasteiger partial charge on any atom is 0.276 e. The van der Waals surface area contributed by atoms with Crippen LogP contribution in [-0.2, 0) is 22.7 Å². The molecule has 0 saturated carbocycles. The van der Waals surface area contributed by atoms with E-state index in [1.165, 1.54) is 12.1 Å². The summed E-state index contributed by atoms with van der Waals surface area (Å²) in [5.41, 5.74) is 2.14. The number of carbonyl (C=O) groups excluding carboxylic acids is 1. The van der Waals surface area contributed by atoms with Gasteiger partial charge in [-0.05, 0) is 61.7 Å². The van der Waals surface area contributed by atoms with Gasteiger partial charge in [-0.1, -0.05) is 0 Å². The maximum absolute atomic E-state index is 14.1. The summed E-state index contributed by atoms with van der Waals surface area (Å²) in [4.78, 5) is 12.7.